The molecule has 0 amide bonds. The quantitative estimate of drug-likeness (QED) is 0.668. The van der Waals surface area contributed by atoms with Gasteiger partial charge in [0.15, 0.2) is 0 Å². The van der Waals surface area contributed by atoms with Crippen LogP contribution < -0.4 is 5.73 Å². The van der Waals surface area contributed by atoms with Crippen LogP contribution in [0.25, 0.3) is 11.0 Å². The predicted molar refractivity (Wildman–Crippen MR) is 103 cm³/mol. The molecule has 0 saturated heterocycles. The Hall–Kier alpha value is -2.16. The number of anilines is 1. The van der Waals surface area contributed by atoms with Crippen LogP contribution in [-0.2, 0) is 4.74 Å². The number of halogens is 1. The summed E-state index contributed by atoms with van der Waals surface area (Å²) in [4.78, 5) is 12.7. The van der Waals surface area contributed by atoms with Crippen LogP contribution in [0.1, 0.15) is 19.4 Å². The summed E-state index contributed by atoms with van der Waals surface area (Å²) in [6.45, 7) is 1.98. The first-order valence-corrected chi connectivity index (χ1v) is 9.24. The highest BCUT2D eigenvalue weighted by Gasteiger charge is 2.47. The molecule has 1 fully saturated rings. The van der Waals surface area contributed by atoms with Gasteiger partial charge in [0.2, 0.25) is 11.2 Å². The lowest BCUT2D eigenvalue weighted by molar-refractivity contribution is -0.00214. The number of aliphatic hydroxyl groups excluding tert-OH is 2. The molecule has 0 radical (unpaired) electrons. The van der Waals surface area contributed by atoms with Gasteiger partial charge in [0.05, 0.1) is 30.7 Å². The SMILES string of the molecule is COC1=NC(C)C([C@H]2C[C@@H](n3ccc4c(N)nc(Cl)nc43)[C@H](O)[C@@H]2O)C=C1. The molecule has 8 nitrogen and oxygen atoms in total. The number of methoxy groups -OCH3 is 1. The van der Waals surface area contributed by atoms with Crippen molar-refractivity contribution in [3.05, 3.63) is 29.7 Å². The monoisotopic (exact) mass is 391 g/mol. The Balaban J connectivity index is 1.65. The highest BCUT2D eigenvalue weighted by atomic mass is 35.5. The van der Waals surface area contributed by atoms with E-state index in [4.69, 9.17) is 22.1 Å². The molecule has 0 aromatic carbocycles. The first kappa shape index (κ1) is 18.2. The number of rotatable bonds is 2. The molecule has 0 bridgehead atoms. The molecule has 2 unspecified atom stereocenters. The lowest BCUT2D eigenvalue weighted by atomic mass is 9.83. The van der Waals surface area contributed by atoms with Crippen molar-refractivity contribution < 1.29 is 14.9 Å². The van der Waals surface area contributed by atoms with Crippen LogP contribution >= 0.6 is 11.6 Å². The molecule has 27 heavy (non-hydrogen) atoms. The van der Waals surface area contributed by atoms with Gasteiger partial charge in [-0.25, -0.2) is 9.98 Å². The van der Waals surface area contributed by atoms with Crippen LogP contribution in [0.3, 0.4) is 0 Å². The van der Waals surface area contributed by atoms with Gasteiger partial charge in [-0.3, -0.25) is 0 Å². The van der Waals surface area contributed by atoms with Crippen LogP contribution in [0, 0.1) is 11.8 Å². The van der Waals surface area contributed by atoms with Gasteiger partial charge in [-0.2, -0.15) is 4.98 Å². The number of fused-ring (bicyclic) bond motifs is 1. The summed E-state index contributed by atoms with van der Waals surface area (Å²) in [6.07, 6.45) is 4.38. The third-order valence-electron chi connectivity index (χ3n) is 5.68. The maximum atomic E-state index is 10.7. The summed E-state index contributed by atoms with van der Waals surface area (Å²) >= 11 is 5.96. The summed E-state index contributed by atoms with van der Waals surface area (Å²) in [6, 6.07) is 1.40. The topological polar surface area (TPSA) is 119 Å². The minimum Gasteiger partial charge on any atom is -0.481 e. The van der Waals surface area contributed by atoms with Crippen LogP contribution in [0.5, 0.6) is 0 Å². The van der Waals surface area contributed by atoms with Gasteiger partial charge in [0, 0.05) is 12.1 Å². The molecule has 1 saturated carbocycles. The lowest BCUT2D eigenvalue weighted by Crippen LogP contribution is -2.35. The van der Waals surface area contributed by atoms with Crippen molar-refractivity contribution in [2.75, 3.05) is 12.8 Å². The highest BCUT2D eigenvalue weighted by Crippen LogP contribution is 2.43. The van der Waals surface area contributed by atoms with E-state index >= 15 is 0 Å². The fourth-order valence-electron chi connectivity index (χ4n) is 4.30. The largest absolute Gasteiger partial charge is 0.481 e. The maximum Gasteiger partial charge on any atom is 0.226 e. The van der Waals surface area contributed by atoms with Crippen molar-refractivity contribution in [1.29, 1.82) is 0 Å². The van der Waals surface area contributed by atoms with Gasteiger partial charge in [-0.15, -0.1) is 0 Å². The van der Waals surface area contributed by atoms with Crippen LogP contribution in [0.15, 0.2) is 29.4 Å². The molecule has 3 heterocycles. The van der Waals surface area contributed by atoms with E-state index in [0.717, 1.165) is 0 Å². The summed E-state index contributed by atoms with van der Waals surface area (Å²) in [7, 11) is 1.58. The minimum absolute atomic E-state index is 0.00339. The van der Waals surface area contributed by atoms with E-state index in [-0.39, 0.29) is 29.2 Å². The Morgan fingerprint density at radius 2 is 2.07 bits per heavy atom. The van der Waals surface area contributed by atoms with Gasteiger partial charge in [0.1, 0.15) is 17.6 Å². The van der Waals surface area contributed by atoms with E-state index in [9.17, 15) is 10.2 Å². The number of ether oxygens (including phenoxy) is 1. The van der Waals surface area contributed by atoms with Crippen molar-refractivity contribution >= 4 is 34.3 Å². The van der Waals surface area contributed by atoms with E-state index in [0.29, 0.717) is 29.2 Å². The summed E-state index contributed by atoms with van der Waals surface area (Å²) in [5.74, 6) is 0.717. The smallest absolute Gasteiger partial charge is 0.226 e. The fraction of sp³-hybridized carbons (Fsp3) is 0.500. The molecule has 2 aromatic heterocycles. The van der Waals surface area contributed by atoms with Crippen LogP contribution in [0.2, 0.25) is 5.28 Å². The van der Waals surface area contributed by atoms with Crippen molar-refractivity contribution in [2.24, 2.45) is 16.8 Å². The molecular formula is C18H22ClN5O3. The Labute approximate surface area is 161 Å². The van der Waals surface area contributed by atoms with Crippen molar-refractivity contribution in [3.63, 3.8) is 0 Å². The molecular weight excluding hydrogens is 370 g/mol. The van der Waals surface area contributed by atoms with E-state index in [2.05, 4.69) is 15.0 Å². The van der Waals surface area contributed by atoms with Crippen molar-refractivity contribution in [1.82, 2.24) is 14.5 Å². The number of nitrogens with two attached hydrogens (primary N) is 1. The average molecular weight is 392 g/mol. The Morgan fingerprint density at radius 1 is 1.30 bits per heavy atom. The predicted octanol–water partition coefficient (Wildman–Crippen LogP) is 1.57. The molecule has 4 N–H and O–H groups in total. The highest BCUT2D eigenvalue weighted by molar-refractivity contribution is 6.28. The lowest BCUT2D eigenvalue weighted by Gasteiger charge is -2.29. The molecule has 2 aliphatic rings. The number of hydrogen-bond acceptors (Lipinski definition) is 7. The number of nitrogens with zero attached hydrogens (tertiary/aromatic N) is 4. The number of aliphatic imine (C=N–C) groups is 1. The van der Waals surface area contributed by atoms with Gasteiger partial charge < -0.3 is 25.3 Å². The normalized spacial score (nSPS) is 33.4. The van der Waals surface area contributed by atoms with E-state index < -0.39 is 12.2 Å². The molecule has 1 aliphatic heterocycles. The third kappa shape index (κ3) is 2.97. The zero-order chi connectivity index (χ0) is 19.3. The standard InChI is InChI=1S/C18H22ClN5O3/c1-8-9(3-4-13(21-8)27-2)11-7-12(15(26)14(11)25)24-6-5-10-16(20)22-18(19)23-17(10)24/h3-6,8-9,11-12,14-15,25-26H,7H2,1-2H3,(H2,20,22,23)/t8?,9?,11-,12-,14-,15+/m1/s1. The maximum absolute atomic E-state index is 10.7. The number of hydrogen-bond donors (Lipinski definition) is 3. The summed E-state index contributed by atoms with van der Waals surface area (Å²) in [5.41, 5.74) is 6.48. The first-order chi connectivity index (χ1) is 12.9. The number of aromatic nitrogens is 3. The second kappa shape index (κ2) is 6.78. The van der Waals surface area contributed by atoms with Crippen LogP contribution in [-0.4, -0.2) is 56.0 Å². The Morgan fingerprint density at radius 3 is 2.78 bits per heavy atom. The molecule has 9 heteroatoms. The molecule has 144 valence electrons. The Kier molecular flexibility index (Phi) is 4.57. The van der Waals surface area contributed by atoms with Crippen molar-refractivity contribution in [3.8, 4) is 0 Å². The van der Waals surface area contributed by atoms with Gasteiger partial charge in [-0.05, 0) is 43.0 Å². The molecule has 6 atom stereocenters. The van der Waals surface area contributed by atoms with E-state index in [1.807, 2.05) is 23.6 Å². The molecule has 2 aromatic rings. The van der Waals surface area contributed by atoms with E-state index in [1.54, 1.807) is 19.4 Å². The van der Waals surface area contributed by atoms with E-state index in [1.165, 1.54) is 0 Å². The zero-order valence-corrected chi connectivity index (χ0v) is 15.8. The number of dihydropyridines is 1. The average Bonchev–Trinajstić information content (AvgIpc) is 3.17. The minimum atomic E-state index is -0.936. The first-order valence-electron chi connectivity index (χ1n) is 8.86. The Bertz CT molecular complexity index is 927. The summed E-state index contributed by atoms with van der Waals surface area (Å²) < 4.78 is 7.01. The van der Waals surface area contributed by atoms with Crippen molar-refractivity contribution in [2.45, 2.75) is 37.6 Å². The second-order valence-electron chi connectivity index (χ2n) is 7.13. The fourth-order valence-corrected chi connectivity index (χ4v) is 4.47. The zero-order valence-electron chi connectivity index (χ0n) is 15.0. The second-order valence-corrected chi connectivity index (χ2v) is 7.47. The van der Waals surface area contributed by atoms with Crippen LogP contribution in [0.4, 0.5) is 5.82 Å². The van der Waals surface area contributed by atoms with Gasteiger partial charge >= 0.3 is 0 Å². The molecule has 4 rings (SSSR count). The third-order valence-corrected chi connectivity index (χ3v) is 5.85. The summed E-state index contributed by atoms with van der Waals surface area (Å²) in [5, 5.41) is 22.2. The van der Waals surface area contributed by atoms with Gasteiger partial charge in [0.25, 0.3) is 0 Å². The molecule has 1 aliphatic carbocycles. The van der Waals surface area contributed by atoms with Gasteiger partial charge in [-0.1, -0.05) is 6.08 Å². The number of aliphatic hydroxyl groups is 2. The molecule has 0 spiro atoms. The number of nitrogen functional groups attached to an aromatic ring is 1.